The number of methoxy groups -OCH3 is 1. The summed E-state index contributed by atoms with van der Waals surface area (Å²) in [4.78, 5) is 2.31. The number of nitrogens with two attached hydrogens (primary N) is 1. The number of benzene rings is 1. The number of rotatable bonds is 3. The average molecular weight is 235 g/mol. The normalized spacial score (nSPS) is 23.4. The molecule has 2 unspecified atom stereocenters. The second-order valence-electron chi connectivity index (χ2n) is 4.62. The van der Waals surface area contributed by atoms with E-state index < -0.39 is 0 Å². The van der Waals surface area contributed by atoms with Crippen molar-refractivity contribution in [1.82, 2.24) is 10.2 Å². The van der Waals surface area contributed by atoms with Gasteiger partial charge in [-0.2, -0.15) is 0 Å². The van der Waals surface area contributed by atoms with Gasteiger partial charge >= 0.3 is 0 Å². The van der Waals surface area contributed by atoms with Gasteiger partial charge in [0.1, 0.15) is 5.75 Å². The van der Waals surface area contributed by atoms with Crippen LogP contribution in [-0.2, 0) is 0 Å². The zero-order chi connectivity index (χ0) is 12.3. The molecule has 0 amide bonds. The van der Waals surface area contributed by atoms with E-state index >= 15 is 0 Å². The summed E-state index contributed by atoms with van der Waals surface area (Å²) in [7, 11) is 3.81. The summed E-state index contributed by atoms with van der Waals surface area (Å²) < 4.78 is 5.15. The van der Waals surface area contributed by atoms with Crippen LogP contribution in [0.4, 0.5) is 0 Å². The zero-order valence-electron chi connectivity index (χ0n) is 10.5. The number of likely N-dealkylation sites (N-methyl/N-ethyl adjacent to an activating group) is 1. The quantitative estimate of drug-likeness (QED) is 0.805. The van der Waals surface area contributed by atoms with E-state index in [1.807, 2.05) is 24.3 Å². The van der Waals surface area contributed by atoms with Crippen molar-refractivity contribution in [2.45, 2.75) is 12.1 Å². The van der Waals surface area contributed by atoms with Crippen LogP contribution in [0.25, 0.3) is 0 Å². The van der Waals surface area contributed by atoms with E-state index in [0.29, 0.717) is 6.04 Å². The first kappa shape index (κ1) is 12.4. The highest BCUT2D eigenvalue weighted by Crippen LogP contribution is 2.19. The molecule has 1 fully saturated rings. The van der Waals surface area contributed by atoms with E-state index in [2.05, 4.69) is 17.3 Å². The van der Waals surface area contributed by atoms with Gasteiger partial charge < -0.3 is 20.7 Å². The van der Waals surface area contributed by atoms with Crippen LogP contribution in [0.5, 0.6) is 5.75 Å². The van der Waals surface area contributed by atoms with Gasteiger partial charge in [-0.15, -0.1) is 0 Å². The Morgan fingerprint density at radius 1 is 1.41 bits per heavy atom. The minimum atomic E-state index is 0.0312. The molecule has 0 aliphatic carbocycles. The van der Waals surface area contributed by atoms with Gasteiger partial charge in [0, 0.05) is 31.7 Å². The first-order valence-corrected chi connectivity index (χ1v) is 6.02. The van der Waals surface area contributed by atoms with Crippen molar-refractivity contribution < 1.29 is 4.74 Å². The molecular weight excluding hydrogens is 214 g/mol. The summed E-state index contributed by atoms with van der Waals surface area (Å²) in [5.41, 5.74) is 7.44. The maximum Gasteiger partial charge on any atom is 0.118 e. The van der Waals surface area contributed by atoms with E-state index in [9.17, 15) is 0 Å². The van der Waals surface area contributed by atoms with Gasteiger partial charge in [-0.3, -0.25) is 0 Å². The fourth-order valence-corrected chi connectivity index (χ4v) is 2.23. The second-order valence-corrected chi connectivity index (χ2v) is 4.62. The predicted octanol–water partition coefficient (Wildman–Crippen LogP) is 0.599. The molecule has 1 aliphatic heterocycles. The van der Waals surface area contributed by atoms with Crippen molar-refractivity contribution in [3.63, 3.8) is 0 Å². The Bertz CT molecular complexity index is 352. The van der Waals surface area contributed by atoms with Crippen molar-refractivity contribution in [1.29, 1.82) is 0 Å². The number of nitrogens with one attached hydrogen (secondary N) is 1. The van der Waals surface area contributed by atoms with Crippen LogP contribution in [0.15, 0.2) is 24.3 Å². The summed E-state index contributed by atoms with van der Waals surface area (Å²) in [6.07, 6.45) is 0. The molecule has 0 spiro atoms. The third-order valence-electron chi connectivity index (χ3n) is 3.34. The minimum absolute atomic E-state index is 0.0312. The zero-order valence-corrected chi connectivity index (χ0v) is 10.5. The SMILES string of the molecule is COc1ccc(C(N)C2CN(C)CCN2)cc1. The standard InChI is InChI=1S/C13H21N3O/c1-16-8-7-15-12(9-16)13(14)10-3-5-11(17-2)6-4-10/h3-6,12-13,15H,7-9,14H2,1-2H3. The number of hydrogen-bond acceptors (Lipinski definition) is 4. The fourth-order valence-electron chi connectivity index (χ4n) is 2.23. The van der Waals surface area contributed by atoms with Gasteiger partial charge in [0.05, 0.1) is 7.11 Å². The summed E-state index contributed by atoms with van der Waals surface area (Å²) in [5.74, 6) is 0.870. The Labute approximate surface area is 103 Å². The highest BCUT2D eigenvalue weighted by atomic mass is 16.5. The van der Waals surface area contributed by atoms with Crippen LogP contribution in [0, 0.1) is 0 Å². The van der Waals surface area contributed by atoms with Crippen molar-refractivity contribution in [3.8, 4) is 5.75 Å². The number of hydrogen-bond donors (Lipinski definition) is 2. The summed E-state index contributed by atoms with van der Waals surface area (Å²) in [6.45, 7) is 3.09. The lowest BCUT2D eigenvalue weighted by molar-refractivity contribution is 0.220. The monoisotopic (exact) mass is 235 g/mol. The van der Waals surface area contributed by atoms with Crippen LogP contribution < -0.4 is 15.8 Å². The average Bonchev–Trinajstić information content (AvgIpc) is 2.38. The second kappa shape index (κ2) is 5.49. The third-order valence-corrected chi connectivity index (χ3v) is 3.34. The first-order valence-electron chi connectivity index (χ1n) is 6.02. The van der Waals surface area contributed by atoms with E-state index in [0.717, 1.165) is 30.9 Å². The molecule has 0 bridgehead atoms. The molecule has 1 aromatic carbocycles. The van der Waals surface area contributed by atoms with E-state index in [1.165, 1.54) is 0 Å². The number of nitrogens with zero attached hydrogens (tertiary/aromatic N) is 1. The molecule has 0 saturated carbocycles. The van der Waals surface area contributed by atoms with Crippen molar-refractivity contribution in [2.24, 2.45) is 5.73 Å². The maximum atomic E-state index is 6.29. The van der Waals surface area contributed by atoms with Gasteiger partial charge in [0.2, 0.25) is 0 Å². The van der Waals surface area contributed by atoms with Gasteiger partial charge in [-0.1, -0.05) is 12.1 Å². The molecule has 94 valence electrons. The fraction of sp³-hybridized carbons (Fsp3) is 0.538. The first-order chi connectivity index (χ1) is 8.20. The van der Waals surface area contributed by atoms with Gasteiger partial charge in [0.25, 0.3) is 0 Å². The molecule has 4 nitrogen and oxygen atoms in total. The highest BCUT2D eigenvalue weighted by molar-refractivity contribution is 5.29. The van der Waals surface area contributed by atoms with Gasteiger partial charge in [-0.05, 0) is 24.7 Å². The minimum Gasteiger partial charge on any atom is -0.497 e. The summed E-state index contributed by atoms with van der Waals surface area (Å²) in [6, 6.07) is 8.36. The van der Waals surface area contributed by atoms with E-state index in [4.69, 9.17) is 10.5 Å². The molecule has 4 heteroatoms. The number of ether oxygens (including phenoxy) is 1. The van der Waals surface area contributed by atoms with E-state index in [-0.39, 0.29) is 6.04 Å². The summed E-state index contributed by atoms with van der Waals surface area (Å²) in [5, 5.41) is 3.48. The van der Waals surface area contributed by atoms with Crippen molar-refractivity contribution in [2.75, 3.05) is 33.8 Å². The molecule has 1 aliphatic rings. The molecule has 2 rings (SSSR count). The molecule has 17 heavy (non-hydrogen) atoms. The smallest absolute Gasteiger partial charge is 0.118 e. The highest BCUT2D eigenvalue weighted by Gasteiger charge is 2.23. The van der Waals surface area contributed by atoms with Crippen molar-refractivity contribution in [3.05, 3.63) is 29.8 Å². The van der Waals surface area contributed by atoms with Gasteiger partial charge in [-0.25, -0.2) is 0 Å². The van der Waals surface area contributed by atoms with Crippen LogP contribution in [0.3, 0.4) is 0 Å². The Morgan fingerprint density at radius 3 is 2.71 bits per heavy atom. The molecule has 1 aromatic rings. The molecule has 1 heterocycles. The molecule has 1 saturated heterocycles. The lowest BCUT2D eigenvalue weighted by Crippen LogP contribution is -2.53. The van der Waals surface area contributed by atoms with Crippen LogP contribution >= 0.6 is 0 Å². The van der Waals surface area contributed by atoms with Crippen LogP contribution in [0.2, 0.25) is 0 Å². The van der Waals surface area contributed by atoms with Crippen LogP contribution in [-0.4, -0.2) is 44.7 Å². The Kier molecular flexibility index (Phi) is 3.99. The lowest BCUT2D eigenvalue weighted by atomic mass is 9.98. The molecule has 0 radical (unpaired) electrons. The van der Waals surface area contributed by atoms with Crippen molar-refractivity contribution >= 4 is 0 Å². The number of piperazine rings is 1. The van der Waals surface area contributed by atoms with E-state index in [1.54, 1.807) is 7.11 Å². The largest absolute Gasteiger partial charge is 0.497 e. The molecular formula is C13H21N3O. The topological polar surface area (TPSA) is 50.5 Å². The lowest BCUT2D eigenvalue weighted by Gasteiger charge is -2.34. The predicted molar refractivity (Wildman–Crippen MR) is 69.2 cm³/mol. The molecule has 3 N–H and O–H groups in total. The molecule has 0 aromatic heterocycles. The molecule has 2 atom stereocenters. The Hall–Kier alpha value is -1.10. The van der Waals surface area contributed by atoms with Crippen LogP contribution in [0.1, 0.15) is 11.6 Å². The Balaban J connectivity index is 2.04. The third kappa shape index (κ3) is 2.97. The summed E-state index contributed by atoms with van der Waals surface area (Å²) >= 11 is 0. The Morgan fingerprint density at radius 2 is 2.12 bits per heavy atom. The van der Waals surface area contributed by atoms with Gasteiger partial charge in [0.15, 0.2) is 0 Å². The maximum absolute atomic E-state index is 6.29.